The maximum Gasteiger partial charge on any atom is 0.338 e. The van der Waals surface area contributed by atoms with E-state index in [0.29, 0.717) is 22.4 Å². The molecule has 31 heavy (non-hydrogen) atoms. The molecule has 9 nitrogen and oxygen atoms in total. The molecule has 0 saturated heterocycles. The van der Waals surface area contributed by atoms with Crippen LogP contribution in [0.15, 0.2) is 53.3 Å². The first-order chi connectivity index (χ1) is 15.0. The Balaban J connectivity index is 1.73. The molecule has 1 aliphatic heterocycles. The molecule has 3 heterocycles. The van der Waals surface area contributed by atoms with Gasteiger partial charge in [0.2, 0.25) is 11.9 Å². The lowest BCUT2D eigenvalue weighted by Crippen LogP contribution is -2.40. The van der Waals surface area contributed by atoms with Crippen LogP contribution in [-0.2, 0) is 14.3 Å². The molecule has 0 spiro atoms. The molecule has 0 fully saturated rings. The van der Waals surface area contributed by atoms with Crippen molar-refractivity contribution in [3.05, 3.63) is 64.6 Å². The van der Waals surface area contributed by atoms with Crippen LogP contribution in [0.3, 0.4) is 0 Å². The van der Waals surface area contributed by atoms with Crippen molar-refractivity contribution in [2.45, 2.75) is 26.8 Å². The monoisotopic (exact) mass is 438 g/mol. The predicted octanol–water partition coefficient (Wildman–Crippen LogP) is 2.93. The molecule has 3 aromatic rings. The van der Waals surface area contributed by atoms with Gasteiger partial charge in [0.1, 0.15) is 18.9 Å². The molecule has 1 atom stereocenters. The summed E-state index contributed by atoms with van der Waals surface area (Å²) in [4.78, 5) is 36.0. The molecule has 1 N–H and O–H groups in total. The van der Waals surface area contributed by atoms with Crippen molar-refractivity contribution in [1.82, 2.24) is 19.7 Å². The fourth-order valence-electron chi connectivity index (χ4n) is 3.55. The Morgan fingerprint density at radius 3 is 2.68 bits per heavy atom. The number of thiazole rings is 1. The van der Waals surface area contributed by atoms with Crippen LogP contribution in [0.25, 0.3) is 0 Å². The van der Waals surface area contributed by atoms with E-state index in [1.54, 1.807) is 23.4 Å². The highest BCUT2D eigenvalue weighted by atomic mass is 32.1. The zero-order chi connectivity index (χ0) is 22.0. The molecule has 0 bridgehead atoms. The van der Waals surface area contributed by atoms with Crippen molar-refractivity contribution in [1.29, 1.82) is 0 Å². The number of ether oxygens (including phenoxy) is 1. The first-order valence-electron chi connectivity index (χ1n) is 9.81. The van der Waals surface area contributed by atoms with Gasteiger partial charge in [0, 0.05) is 11.1 Å². The maximum absolute atomic E-state index is 13.0. The lowest BCUT2D eigenvalue weighted by molar-refractivity contribution is -0.139. The number of allylic oxidation sites excluding steroid dienone is 1. The Labute approximate surface area is 183 Å². The van der Waals surface area contributed by atoms with E-state index in [1.165, 1.54) is 17.7 Å². The number of hydrogen-bond donors (Lipinski definition) is 1. The van der Waals surface area contributed by atoms with Gasteiger partial charge in [0.05, 0.1) is 17.9 Å². The second kappa shape index (κ2) is 8.68. The largest absolute Gasteiger partial charge is 0.463 e. The molecule has 0 aliphatic carbocycles. The van der Waals surface area contributed by atoms with Gasteiger partial charge in [-0.25, -0.2) is 14.5 Å². The normalized spacial score (nSPS) is 15.6. The van der Waals surface area contributed by atoms with E-state index in [1.807, 2.05) is 42.6 Å². The van der Waals surface area contributed by atoms with Crippen LogP contribution in [-0.4, -0.2) is 44.8 Å². The Morgan fingerprint density at radius 2 is 2.00 bits per heavy atom. The summed E-state index contributed by atoms with van der Waals surface area (Å²) in [5.41, 5.74) is 2.73. The first-order valence-corrected chi connectivity index (χ1v) is 10.7. The van der Waals surface area contributed by atoms with Crippen LogP contribution in [0.1, 0.15) is 31.1 Å². The summed E-state index contributed by atoms with van der Waals surface area (Å²) in [6.07, 6.45) is 1.42. The van der Waals surface area contributed by atoms with Crippen LogP contribution in [0.4, 0.5) is 11.1 Å². The molecular weight excluding hydrogens is 416 g/mol. The van der Waals surface area contributed by atoms with Crippen molar-refractivity contribution in [2.24, 2.45) is 0 Å². The Bertz CT molecular complexity index is 1140. The van der Waals surface area contributed by atoms with Gasteiger partial charge in [-0.1, -0.05) is 30.3 Å². The Morgan fingerprint density at radius 1 is 1.23 bits per heavy atom. The van der Waals surface area contributed by atoms with Crippen molar-refractivity contribution >= 4 is 34.3 Å². The minimum atomic E-state index is -0.501. The van der Waals surface area contributed by atoms with Gasteiger partial charge in [-0.15, -0.1) is 11.3 Å². The zero-order valence-corrected chi connectivity index (χ0v) is 18.2. The predicted molar refractivity (Wildman–Crippen MR) is 117 cm³/mol. The Hall–Kier alpha value is -3.53. The first kappa shape index (κ1) is 20.7. The highest BCUT2D eigenvalue weighted by molar-refractivity contribution is 7.13. The van der Waals surface area contributed by atoms with E-state index in [9.17, 15) is 9.59 Å². The van der Waals surface area contributed by atoms with Crippen LogP contribution < -0.4 is 10.2 Å². The third-order valence-electron chi connectivity index (χ3n) is 4.89. The highest BCUT2D eigenvalue weighted by Gasteiger charge is 2.38. The number of nitrogens with one attached hydrogen (secondary N) is 1. The number of benzene rings is 1. The number of anilines is 2. The van der Waals surface area contributed by atoms with Crippen molar-refractivity contribution in [3.63, 3.8) is 0 Å². The van der Waals surface area contributed by atoms with Crippen LogP contribution in [0, 0.1) is 6.92 Å². The van der Waals surface area contributed by atoms with Crippen LogP contribution >= 0.6 is 11.3 Å². The van der Waals surface area contributed by atoms with Crippen LogP contribution in [0.2, 0.25) is 0 Å². The van der Waals surface area contributed by atoms with Gasteiger partial charge >= 0.3 is 5.97 Å². The van der Waals surface area contributed by atoms with Gasteiger partial charge in [-0.3, -0.25) is 4.79 Å². The Kier molecular flexibility index (Phi) is 5.81. The molecule has 160 valence electrons. The van der Waals surface area contributed by atoms with E-state index in [2.05, 4.69) is 20.4 Å². The summed E-state index contributed by atoms with van der Waals surface area (Å²) in [5.74, 6) is -0.245. The lowest BCUT2D eigenvalue weighted by Gasteiger charge is -2.34. The third-order valence-corrected chi connectivity index (χ3v) is 5.76. The average molecular weight is 439 g/mol. The summed E-state index contributed by atoms with van der Waals surface area (Å²) >= 11 is 1.36. The molecular formula is C21H22N6O3S. The van der Waals surface area contributed by atoms with Gasteiger partial charge in [0.25, 0.3) is 0 Å². The fourth-order valence-corrected chi connectivity index (χ4v) is 4.25. The minimum absolute atomic E-state index is 0.0480. The summed E-state index contributed by atoms with van der Waals surface area (Å²) in [5, 5.41) is 9.55. The minimum Gasteiger partial charge on any atom is -0.463 e. The van der Waals surface area contributed by atoms with Gasteiger partial charge in [0.15, 0.2) is 5.13 Å². The quantitative estimate of drug-likeness (QED) is 0.590. The standard InChI is InChI=1S/C21H22N6O3S/c1-4-30-19(29)17-14(3)26(10-16(28)25-20-24-13(2)11-31-20)21-22-12-23-27(21)18(17)15-8-6-5-7-9-15/h5-9,11-12,18H,4,10H2,1-3H3,(H,24,25,28)/t18-/m1/s1. The van der Waals surface area contributed by atoms with E-state index in [-0.39, 0.29) is 19.1 Å². The summed E-state index contributed by atoms with van der Waals surface area (Å²) in [6, 6.07) is 9.07. The molecule has 0 saturated carbocycles. The van der Waals surface area contributed by atoms with E-state index >= 15 is 0 Å². The van der Waals surface area contributed by atoms with E-state index in [4.69, 9.17) is 4.74 Å². The molecule has 1 aromatic carbocycles. The smallest absolute Gasteiger partial charge is 0.338 e. The maximum atomic E-state index is 13.0. The zero-order valence-electron chi connectivity index (χ0n) is 17.4. The van der Waals surface area contributed by atoms with E-state index < -0.39 is 12.0 Å². The summed E-state index contributed by atoms with van der Waals surface area (Å²) < 4.78 is 7.00. The second-order valence-corrected chi connectivity index (χ2v) is 7.82. The summed E-state index contributed by atoms with van der Waals surface area (Å²) in [7, 11) is 0. The number of carbonyl (C=O) groups excluding carboxylic acids is 2. The average Bonchev–Trinajstić information content (AvgIpc) is 3.39. The number of aryl methyl sites for hydroxylation is 1. The molecule has 4 rings (SSSR count). The number of aromatic nitrogens is 4. The number of esters is 1. The SMILES string of the molecule is CCOC(=O)C1=C(C)N(CC(=O)Nc2nc(C)cs2)c2ncnn2[C@@H]1c1ccccc1. The lowest BCUT2D eigenvalue weighted by atomic mass is 9.95. The van der Waals surface area contributed by atoms with Crippen molar-refractivity contribution < 1.29 is 14.3 Å². The van der Waals surface area contributed by atoms with Gasteiger partial charge in [-0.2, -0.15) is 10.1 Å². The molecule has 1 aliphatic rings. The number of nitrogens with zero attached hydrogens (tertiary/aromatic N) is 5. The molecule has 0 radical (unpaired) electrons. The highest BCUT2D eigenvalue weighted by Crippen LogP contribution is 2.38. The van der Waals surface area contributed by atoms with Crippen LogP contribution in [0.5, 0.6) is 0 Å². The molecule has 10 heteroatoms. The second-order valence-electron chi connectivity index (χ2n) is 6.97. The van der Waals surface area contributed by atoms with Crippen molar-refractivity contribution in [3.8, 4) is 0 Å². The molecule has 0 unspecified atom stereocenters. The number of carbonyl (C=O) groups is 2. The van der Waals surface area contributed by atoms with Gasteiger partial charge in [-0.05, 0) is 26.3 Å². The number of amides is 1. The molecule has 2 aromatic heterocycles. The molecule has 1 amide bonds. The number of rotatable bonds is 6. The number of hydrogen-bond acceptors (Lipinski definition) is 8. The topological polar surface area (TPSA) is 102 Å². The third kappa shape index (κ3) is 4.06. The summed E-state index contributed by atoms with van der Waals surface area (Å²) in [6.45, 7) is 5.61. The van der Waals surface area contributed by atoms with Gasteiger partial charge < -0.3 is 15.0 Å². The van der Waals surface area contributed by atoms with Crippen molar-refractivity contribution in [2.75, 3.05) is 23.4 Å². The fraction of sp³-hybridized carbons (Fsp3) is 0.286. The van der Waals surface area contributed by atoms with E-state index in [0.717, 1.165) is 11.3 Å². The number of fused-ring (bicyclic) bond motifs is 1.